The van der Waals surface area contributed by atoms with E-state index in [2.05, 4.69) is 21.9 Å². The van der Waals surface area contributed by atoms with E-state index in [9.17, 15) is 4.39 Å². The van der Waals surface area contributed by atoms with Crippen molar-refractivity contribution in [2.45, 2.75) is 6.92 Å². The first-order valence-electron chi connectivity index (χ1n) is 3.80. The van der Waals surface area contributed by atoms with Crippen LogP contribution in [0.15, 0.2) is 34.3 Å². The topological polar surface area (TPSA) is 86.6 Å². The fraction of sp³-hybridized carbons (Fsp3) is 0.125. The van der Waals surface area contributed by atoms with Gasteiger partial charge in [0, 0.05) is 0 Å². The molecule has 0 aromatic rings. The number of hydrogen-bond donors (Lipinski definition) is 3. The molecule has 0 spiro atoms. The number of amidine groups is 1. The minimum atomic E-state index is -0.458. The maximum absolute atomic E-state index is 12.4. The lowest BCUT2D eigenvalue weighted by Gasteiger charge is -2.15. The van der Waals surface area contributed by atoms with Crippen molar-refractivity contribution in [3.05, 3.63) is 24.3 Å². The highest BCUT2D eigenvalue weighted by molar-refractivity contribution is 6.49. The summed E-state index contributed by atoms with van der Waals surface area (Å²) in [6.07, 6.45) is 0.994. The normalized spacial score (nSPS) is 20.9. The summed E-state index contributed by atoms with van der Waals surface area (Å²) >= 11 is 0. The lowest BCUT2D eigenvalue weighted by atomic mass is 10.2. The van der Waals surface area contributed by atoms with Crippen LogP contribution in [0.3, 0.4) is 0 Å². The lowest BCUT2D eigenvalue weighted by molar-refractivity contribution is 0.637. The number of nitrogens with one attached hydrogen (secondary N) is 2. The molecule has 0 amide bonds. The number of hydrogen-bond acceptors (Lipinski definition) is 4. The van der Waals surface area contributed by atoms with Gasteiger partial charge in [0.05, 0.1) is 11.9 Å². The van der Waals surface area contributed by atoms with Crippen LogP contribution >= 0.6 is 0 Å². The minimum Gasteiger partial charge on any atom is -0.369 e. The standard InChI is InChI=1S/C8H10FN5/c1-4(9)3-12-6-5(2)13-8(11)14-7(6)10/h3H,2H2,1H3,(H4,10,11,13,14)/b4-3+,12-6?. The van der Waals surface area contributed by atoms with E-state index >= 15 is 0 Å². The van der Waals surface area contributed by atoms with Gasteiger partial charge in [0.1, 0.15) is 11.5 Å². The molecule has 0 bridgehead atoms. The van der Waals surface area contributed by atoms with Crippen LogP contribution in [0.5, 0.6) is 0 Å². The molecule has 0 aliphatic carbocycles. The van der Waals surface area contributed by atoms with Gasteiger partial charge in [0.25, 0.3) is 0 Å². The van der Waals surface area contributed by atoms with Gasteiger partial charge in [0.15, 0.2) is 11.8 Å². The first-order valence-corrected chi connectivity index (χ1v) is 3.80. The van der Waals surface area contributed by atoms with Crippen molar-refractivity contribution in [2.75, 3.05) is 0 Å². The fourth-order valence-electron chi connectivity index (χ4n) is 0.851. The SMILES string of the molecule is C=C1NC(N)=NC(=N)C1=N/C=C(\C)F. The van der Waals surface area contributed by atoms with Crippen LogP contribution in [-0.2, 0) is 0 Å². The number of aliphatic imine (C=N–C) groups is 2. The second-order valence-electron chi connectivity index (χ2n) is 2.64. The molecule has 6 heteroatoms. The van der Waals surface area contributed by atoms with Crippen LogP contribution in [0.2, 0.25) is 0 Å². The van der Waals surface area contributed by atoms with E-state index in [-0.39, 0.29) is 17.5 Å². The average Bonchev–Trinajstić information content (AvgIpc) is 2.01. The molecule has 1 aliphatic rings. The van der Waals surface area contributed by atoms with E-state index in [1.165, 1.54) is 6.92 Å². The molecule has 0 atom stereocenters. The van der Waals surface area contributed by atoms with Crippen molar-refractivity contribution >= 4 is 17.5 Å². The summed E-state index contributed by atoms with van der Waals surface area (Å²) in [5.41, 5.74) is 5.84. The van der Waals surface area contributed by atoms with Gasteiger partial charge in [-0.2, -0.15) is 4.99 Å². The van der Waals surface area contributed by atoms with E-state index in [1.54, 1.807) is 0 Å². The monoisotopic (exact) mass is 195 g/mol. The molecular formula is C8H10FN5. The van der Waals surface area contributed by atoms with Gasteiger partial charge in [-0.3, -0.25) is 5.41 Å². The van der Waals surface area contributed by atoms with Gasteiger partial charge in [-0.25, -0.2) is 9.38 Å². The highest BCUT2D eigenvalue weighted by Crippen LogP contribution is 2.02. The minimum absolute atomic E-state index is 0.0832. The molecule has 0 aromatic carbocycles. The van der Waals surface area contributed by atoms with Gasteiger partial charge >= 0.3 is 0 Å². The summed E-state index contributed by atoms with van der Waals surface area (Å²) in [6, 6.07) is 0. The number of allylic oxidation sites excluding steroid dienone is 1. The Labute approximate surface area is 80.4 Å². The van der Waals surface area contributed by atoms with E-state index in [0.717, 1.165) is 6.20 Å². The third-order valence-corrected chi connectivity index (χ3v) is 1.39. The Morgan fingerprint density at radius 2 is 2.43 bits per heavy atom. The Bertz CT molecular complexity index is 373. The molecule has 0 unspecified atom stereocenters. The third-order valence-electron chi connectivity index (χ3n) is 1.39. The van der Waals surface area contributed by atoms with Crippen LogP contribution in [0.4, 0.5) is 4.39 Å². The summed E-state index contributed by atoms with van der Waals surface area (Å²) in [4.78, 5) is 7.33. The van der Waals surface area contributed by atoms with Crippen molar-refractivity contribution in [1.82, 2.24) is 5.32 Å². The molecule has 5 nitrogen and oxygen atoms in total. The molecule has 0 aromatic heterocycles. The first-order chi connectivity index (χ1) is 6.50. The largest absolute Gasteiger partial charge is 0.369 e. The zero-order valence-electron chi connectivity index (χ0n) is 7.63. The van der Waals surface area contributed by atoms with Gasteiger partial charge in [-0.05, 0) is 6.92 Å². The van der Waals surface area contributed by atoms with Crippen LogP contribution < -0.4 is 11.1 Å². The lowest BCUT2D eigenvalue weighted by Crippen LogP contribution is -2.40. The van der Waals surface area contributed by atoms with Crippen LogP contribution in [0.25, 0.3) is 0 Å². The van der Waals surface area contributed by atoms with Crippen molar-refractivity contribution in [3.63, 3.8) is 0 Å². The predicted octanol–water partition coefficient (Wildman–Crippen LogP) is 0.667. The predicted molar refractivity (Wildman–Crippen MR) is 53.9 cm³/mol. The van der Waals surface area contributed by atoms with E-state index in [4.69, 9.17) is 11.1 Å². The summed E-state index contributed by atoms with van der Waals surface area (Å²) < 4.78 is 12.4. The average molecular weight is 195 g/mol. The zero-order valence-corrected chi connectivity index (χ0v) is 7.63. The molecule has 0 saturated carbocycles. The Kier molecular flexibility index (Phi) is 2.76. The Morgan fingerprint density at radius 1 is 1.79 bits per heavy atom. The molecule has 4 N–H and O–H groups in total. The number of halogens is 1. The summed E-state index contributed by atoms with van der Waals surface area (Å²) in [5, 5.41) is 9.99. The van der Waals surface area contributed by atoms with Crippen molar-refractivity contribution in [3.8, 4) is 0 Å². The van der Waals surface area contributed by atoms with E-state index < -0.39 is 5.83 Å². The molecule has 0 radical (unpaired) electrons. The first kappa shape index (κ1) is 10.1. The number of rotatable bonds is 1. The molecule has 14 heavy (non-hydrogen) atoms. The molecular weight excluding hydrogens is 185 g/mol. The Balaban J connectivity index is 3.01. The molecule has 0 fully saturated rings. The molecule has 1 aliphatic heterocycles. The molecule has 1 rings (SSSR count). The van der Waals surface area contributed by atoms with Gasteiger partial charge < -0.3 is 11.1 Å². The van der Waals surface area contributed by atoms with Crippen molar-refractivity contribution in [1.29, 1.82) is 5.41 Å². The van der Waals surface area contributed by atoms with Gasteiger partial charge in [0.2, 0.25) is 0 Å². The van der Waals surface area contributed by atoms with Crippen LogP contribution in [0, 0.1) is 5.41 Å². The Morgan fingerprint density at radius 3 is 2.93 bits per heavy atom. The number of nitrogens with two attached hydrogens (primary N) is 1. The summed E-state index contributed by atoms with van der Waals surface area (Å²) in [5.74, 6) is -0.510. The smallest absolute Gasteiger partial charge is 0.199 e. The van der Waals surface area contributed by atoms with Crippen molar-refractivity contribution < 1.29 is 4.39 Å². The van der Waals surface area contributed by atoms with E-state index in [0.29, 0.717) is 5.70 Å². The highest BCUT2D eigenvalue weighted by atomic mass is 19.1. The Hall–Kier alpha value is -1.98. The fourth-order valence-corrected chi connectivity index (χ4v) is 0.851. The highest BCUT2D eigenvalue weighted by Gasteiger charge is 2.16. The second kappa shape index (κ2) is 3.82. The zero-order chi connectivity index (χ0) is 10.7. The number of guanidine groups is 1. The van der Waals surface area contributed by atoms with Crippen LogP contribution in [-0.4, -0.2) is 17.5 Å². The summed E-state index contributed by atoms with van der Waals surface area (Å²) in [6.45, 7) is 4.83. The van der Waals surface area contributed by atoms with Gasteiger partial charge in [-0.15, -0.1) is 0 Å². The quantitative estimate of drug-likeness (QED) is 0.574. The summed E-state index contributed by atoms with van der Waals surface area (Å²) in [7, 11) is 0. The molecule has 1 heterocycles. The van der Waals surface area contributed by atoms with Crippen LogP contribution in [0.1, 0.15) is 6.92 Å². The molecule has 0 saturated heterocycles. The van der Waals surface area contributed by atoms with Crippen molar-refractivity contribution in [2.24, 2.45) is 15.7 Å². The molecule has 74 valence electrons. The third kappa shape index (κ3) is 2.25. The second-order valence-corrected chi connectivity index (χ2v) is 2.64. The maximum Gasteiger partial charge on any atom is 0.199 e. The number of nitrogens with zero attached hydrogens (tertiary/aromatic N) is 2. The van der Waals surface area contributed by atoms with E-state index in [1.807, 2.05) is 0 Å². The van der Waals surface area contributed by atoms with Gasteiger partial charge in [-0.1, -0.05) is 6.58 Å². The maximum atomic E-state index is 12.4.